The molecule has 2 rings (SSSR count). The van der Waals surface area contributed by atoms with Gasteiger partial charge in [0.2, 0.25) is 0 Å². The molecule has 1 atom stereocenters. The first-order valence-electron chi connectivity index (χ1n) is 9.45. The van der Waals surface area contributed by atoms with E-state index in [9.17, 15) is 27.6 Å². The van der Waals surface area contributed by atoms with Crippen LogP contribution in [0.15, 0.2) is 48.5 Å². The molecule has 8 nitrogen and oxygen atoms in total. The first-order chi connectivity index (χ1) is 15.1. The number of carbonyl (C=O) groups excluding carboxylic acids is 3. The van der Waals surface area contributed by atoms with Crippen molar-refractivity contribution in [3.05, 3.63) is 54.1 Å². The van der Waals surface area contributed by atoms with Gasteiger partial charge in [0.15, 0.2) is 6.10 Å². The van der Waals surface area contributed by atoms with Crippen LogP contribution >= 0.6 is 0 Å². The van der Waals surface area contributed by atoms with E-state index >= 15 is 0 Å². The number of rotatable bonds is 9. The number of amides is 2. The van der Waals surface area contributed by atoms with Crippen LogP contribution in [0.5, 0.6) is 11.5 Å². The molecule has 0 fully saturated rings. The SMILES string of the molecule is CCOc1ccccc1C(=O)NCC(=O)OC(C)C(=O)Nc1ccc(OC(F)(F)F)cc1. The molecule has 0 heterocycles. The first kappa shape index (κ1) is 24.5. The maximum Gasteiger partial charge on any atom is 0.573 e. The van der Waals surface area contributed by atoms with E-state index in [0.29, 0.717) is 12.4 Å². The van der Waals surface area contributed by atoms with Crippen LogP contribution in [0.2, 0.25) is 0 Å². The van der Waals surface area contributed by atoms with Crippen molar-refractivity contribution in [2.24, 2.45) is 0 Å². The predicted octanol–water partition coefficient (Wildman–Crippen LogP) is 3.28. The van der Waals surface area contributed by atoms with Gasteiger partial charge in [-0.2, -0.15) is 0 Å². The van der Waals surface area contributed by atoms with Gasteiger partial charge in [-0.15, -0.1) is 13.2 Å². The summed E-state index contributed by atoms with van der Waals surface area (Å²) in [7, 11) is 0. The maximum atomic E-state index is 12.3. The topological polar surface area (TPSA) is 103 Å². The van der Waals surface area contributed by atoms with Crippen LogP contribution in [0.1, 0.15) is 24.2 Å². The summed E-state index contributed by atoms with van der Waals surface area (Å²) in [5.74, 6) is -2.21. The normalized spacial score (nSPS) is 11.8. The molecule has 1 unspecified atom stereocenters. The lowest BCUT2D eigenvalue weighted by Crippen LogP contribution is -2.36. The van der Waals surface area contributed by atoms with Crippen molar-refractivity contribution in [1.82, 2.24) is 5.32 Å². The third-order valence-corrected chi connectivity index (χ3v) is 3.86. The molecule has 2 aromatic carbocycles. The zero-order chi connectivity index (χ0) is 23.7. The minimum atomic E-state index is -4.83. The highest BCUT2D eigenvalue weighted by Crippen LogP contribution is 2.24. The molecule has 2 aromatic rings. The Bertz CT molecular complexity index is 947. The van der Waals surface area contributed by atoms with Crippen LogP contribution in [0.25, 0.3) is 0 Å². The number of benzene rings is 2. The Kier molecular flexibility index (Phi) is 8.45. The zero-order valence-corrected chi connectivity index (χ0v) is 17.2. The summed E-state index contributed by atoms with van der Waals surface area (Å²) in [4.78, 5) is 36.4. The number of esters is 1. The smallest absolute Gasteiger partial charge is 0.493 e. The summed E-state index contributed by atoms with van der Waals surface area (Å²) in [5.41, 5.74) is 0.416. The number of hydrogen-bond acceptors (Lipinski definition) is 6. The van der Waals surface area contributed by atoms with E-state index in [0.717, 1.165) is 12.1 Å². The summed E-state index contributed by atoms with van der Waals surface area (Å²) in [6.45, 7) is 2.95. The predicted molar refractivity (Wildman–Crippen MR) is 107 cm³/mol. The fraction of sp³-hybridized carbons (Fsp3) is 0.286. The third-order valence-electron chi connectivity index (χ3n) is 3.86. The Morgan fingerprint density at radius 3 is 2.31 bits per heavy atom. The van der Waals surface area contributed by atoms with Crippen molar-refractivity contribution >= 4 is 23.5 Å². The molecule has 0 bridgehead atoms. The van der Waals surface area contributed by atoms with Gasteiger partial charge in [-0.3, -0.25) is 14.4 Å². The molecule has 0 aliphatic carbocycles. The van der Waals surface area contributed by atoms with E-state index in [1.165, 1.54) is 25.1 Å². The van der Waals surface area contributed by atoms with Crippen LogP contribution in [-0.4, -0.2) is 43.4 Å². The van der Waals surface area contributed by atoms with E-state index in [2.05, 4.69) is 15.4 Å². The highest BCUT2D eigenvalue weighted by atomic mass is 19.4. The van der Waals surface area contributed by atoms with Crippen LogP contribution in [0, 0.1) is 0 Å². The fourth-order valence-corrected chi connectivity index (χ4v) is 2.46. The number of nitrogens with one attached hydrogen (secondary N) is 2. The standard InChI is InChI=1S/C21H21F3N2O6/c1-3-30-17-7-5-4-6-16(17)20(29)25-12-18(27)31-13(2)19(28)26-14-8-10-15(11-9-14)32-21(22,23)24/h4-11,13H,3,12H2,1-2H3,(H,25,29)(H,26,28). The molecule has 2 amide bonds. The molecule has 0 aromatic heterocycles. The van der Waals surface area contributed by atoms with E-state index in [4.69, 9.17) is 9.47 Å². The van der Waals surface area contributed by atoms with Crippen molar-refractivity contribution < 1.29 is 41.8 Å². The van der Waals surface area contributed by atoms with E-state index < -0.39 is 42.5 Å². The van der Waals surface area contributed by atoms with Crippen LogP contribution < -0.4 is 20.1 Å². The Morgan fingerprint density at radius 1 is 1.03 bits per heavy atom. The van der Waals surface area contributed by atoms with Crippen LogP contribution in [0.3, 0.4) is 0 Å². The van der Waals surface area contributed by atoms with Crippen molar-refractivity contribution in [2.45, 2.75) is 26.3 Å². The van der Waals surface area contributed by atoms with Crippen LogP contribution in [0.4, 0.5) is 18.9 Å². The molecule has 32 heavy (non-hydrogen) atoms. The monoisotopic (exact) mass is 454 g/mol. The molecule has 0 radical (unpaired) electrons. The number of anilines is 1. The minimum Gasteiger partial charge on any atom is -0.493 e. The average Bonchev–Trinajstić information content (AvgIpc) is 2.73. The highest BCUT2D eigenvalue weighted by molar-refractivity contribution is 5.99. The highest BCUT2D eigenvalue weighted by Gasteiger charge is 2.31. The quantitative estimate of drug-likeness (QED) is 0.564. The van der Waals surface area contributed by atoms with Gasteiger partial charge in [-0.05, 0) is 50.2 Å². The number of alkyl halides is 3. The lowest BCUT2D eigenvalue weighted by molar-refractivity contribution is -0.274. The third kappa shape index (κ3) is 7.82. The molecular formula is C21H21F3N2O6. The van der Waals surface area contributed by atoms with Crippen LogP contribution in [-0.2, 0) is 14.3 Å². The molecule has 0 saturated carbocycles. The second kappa shape index (κ2) is 11.0. The second-order valence-corrected chi connectivity index (χ2v) is 6.31. The Labute approximate surface area is 181 Å². The van der Waals surface area contributed by atoms with Crippen molar-refractivity contribution in [3.8, 4) is 11.5 Å². The summed E-state index contributed by atoms with van der Waals surface area (Å²) in [6, 6.07) is 10.9. The van der Waals surface area contributed by atoms with Crippen molar-refractivity contribution in [3.63, 3.8) is 0 Å². The lowest BCUT2D eigenvalue weighted by Gasteiger charge is -2.15. The van der Waals surface area contributed by atoms with Gasteiger partial charge in [0.05, 0.1) is 12.2 Å². The second-order valence-electron chi connectivity index (χ2n) is 6.31. The molecule has 172 valence electrons. The Morgan fingerprint density at radius 2 is 1.69 bits per heavy atom. The molecule has 0 spiro atoms. The van der Waals surface area contributed by atoms with Crippen molar-refractivity contribution in [1.29, 1.82) is 0 Å². The summed E-state index contributed by atoms with van der Waals surface area (Å²) in [6.07, 6.45) is -6.05. The molecule has 0 saturated heterocycles. The summed E-state index contributed by atoms with van der Waals surface area (Å²) < 4.78 is 50.6. The zero-order valence-electron chi connectivity index (χ0n) is 17.2. The fourth-order valence-electron chi connectivity index (χ4n) is 2.46. The van der Waals surface area contributed by atoms with Gasteiger partial charge in [0.1, 0.15) is 18.0 Å². The largest absolute Gasteiger partial charge is 0.573 e. The number of hydrogen-bond donors (Lipinski definition) is 2. The average molecular weight is 454 g/mol. The molecule has 0 aliphatic rings. The molecule has 2 N–H and O–H groups in total. The Hall–Kier alpha value is -3.76. The molecular weight excluding hydrogens is 433 g/mol. The summed E-state index contributed by atoms with van der Waals surface area (Å²) in [5, 5.41) is 4.78. The minimum absolute atomic E-state index is 0.174. The molecule has 0 aliphatic heterocycles. The van der Waals surface area contributed by atoms with Gasteiger partial charge in [0.25, 0.3) is 11.8 Å². The van der Waals surface area contributed by atoms with Gasteiger partial charge >= 0.3 is 12.3 Å². The maximum absolute atomic E-state index is 12.3. The van der Waals surface area contributed by atoms with Crippen molar-refractivity contribution in [2.75, 3.05) is 18.5 Å². The molecule has 11 heteroatoms. The van der Waals surface area contributed by atoms with E-state index in [1.54, 1.807) is 25.1 Å². The lowest BCUT2D eigenvalue weighted by atomic mass is 10.2. The first-order valence-corrected chi connectivity index (χ1v) is 9.45. The van der Waals surface area contributed by atoms with E-state index in [-0.39, 0.29) is 11.3 Å². The van der Waals surface area contributed by atoms with E-state index in [1.807, 2.05) is 0 Å². The Balaban J connectivity index is 1.83. The summed E-state index contributed by atoms with van der Waals surface area (Å²) >= 11 is 0. The van der Waals surface area contributed by atoms with Gasteiger partial charge in [-0.25, -0.2) is 0 Å². The van der Waals surface area contributed by atoms with Gasteiger partial charge in [-0.1, -0.05) is 12.1 Å². The van der Waals surface area contributed by atoms with Gasteiger partial charge < -0.3 is 24.8 Å². The number of carbonyl (C=O) groups is 3. The number of ether oxygens (including phenoxy) is 3. The number of halogens is 3. The van der Waals surface area contributed by atoms with Gasteiger partial charge in [0, 0.05) is 5.69 Å². The number of para-hydroxylation sites is 1.